The van der Waals surface area contributed by atoms with E-state index in [0.29, 0.717) is 30.8 Å². The highest BCUT2D eigenvalue weighted by Crippen LogP contribution is 2.46. The molecule has 1 atom stereocenters. The summed E-state index contributed by atoms with van der Waals surface area (Å²) in [6.45, 7) is 2.22. The molecule has 2 fully saturated rings. The van der Waals surface area contributed by atoms with Gasteiger partial charge in [-0.15, -0.1) is 0 Å². The number of hydrogen-bond donors (Lipinski definition) is 0. The minimum Gasteiger partial charge on any atom is -0.312 e. The molecule has 3 rings (SSSR count). The van der Waals surface area contributed by atoms with Crippen molar-refractivity contribution < 1.29 is 26.7 Å². The normalized spacial score (nSPS) is 35.1. The van der Waals surface area contributed by atoms with Gasteiger partial charge in [0.1, 0.15) is 5.83 Å². The average Bonchev–Trinajstić information content (AvgIpc) is 2.67. The van der Waals surface area contributed by atoms with E-state index in [1.807, 2.05) is 0 Å². The quantitative estimate of drug-likeness (QED) is 0.409. The lowest BCUT2D eigenvalue weighted by atomic mass is 9.68. The van der Waals surface area contributed by atoms with Gasteiger partial charge in [-0.25, -0.2) is 13.2 Å². The summed E-state index contributed by atoms with van der Waals surface area (Å²) in [5.41, 5.74) is 0. The van der Waals surface area contributed by atoms with Gasteiger partial charge in [0.25, 0.3) is 0 Å². The number of alkyl halides is 2. The fraction of sp³-hybridized carbons (Fsp3) is 0.818. The summed E-state index contributed by atoms with van der Waals surface area (Å²) < 4.78 is 73.5. The van der Waals surface area contributed by atoms with E-state index in [4.69, 9.17) is 4.74 Å². The van der Waals surface area contributed by atoms with Crippen molar-refractivity contribution in [3.05, 3.63) is 23.6 Å². The molecule has 0 aliphatic heterocycles. The Morgan fingerprint density at radius 3 is 2.04 bits per heavy atom. The van der Waals surface area contributed by atoms with Crippen LogP contribution in [0.5, 0.6) is 0 Å². The SMILES string of the molecule is CCCC1CCC(C2CCC(C(F)(F)OC3C=C(F)C(F)=C(F)C3)CC2)CC1. The maximum atomic E-state index is 14.5. The van der Waals surface area contributed by atoms with Gasteiger partial charge in [0.05, 0.1) is 12.0 Å². The topological polar surface area (TPSA) is 9.23 Å². The van der Waals surface area contributed by atoms with Crippen molar-refractivity contribution in [3.63, 3.8) is 0 Å². The lowest BCUT2D eigenvalue weighted by molar-refractivity contribution is -0.291. The predicted octanol–water partition coefficient (Wildman–Crippen LogP) is 7.79. The van der Waals surface area contributed by atoms with Crippen LogP contribution < -0.4 is 0 Å². The van der Waals surface area contributed by atoms with Crippen LogP contribution in [-0.4, -0.2) is 12.2 Å². The Morgan fingerprint density at radius 1 is 0.929 bits per heavy atom. The molecule has 6 heteroatoms. The lowest BCUT2D eigenvalue weighted by Crippen LogP contribution is -2.39. The van der Waals surface area contributed by atoms with Gasteiger partial charge in [0.15, 0.2) is 11.7 Å². The van der Waals surface area contributed by atoms with Crippen LogP contribution in [0.4, 0.5) is 22.0 Å². The van der Waals surface area contributed by atoms with Crippen molar-refractivity contribution in [2.24, 2.45) is 23.7 Å². The van der Waals surface area contributed by atoms with Crippen molar-refractivity contribution in [2.75, 3.05) is 0 Å². The van der Waals surface area contributed by atoms with Crippen molar-refractivity contribution in [1.82, 2.24) is 0 Å². The van der Waals surface area contributed by atoms with Crippen LogP contribution in [0.2, 0.25) is 0 Å². The van der Waals surface area contributed by atoms with E-state index in [9.17, 15) is 22.0 Å². The minimum atomic E-state index is -3.46. The van der Waals surface area contributed by atoms with Crippen molar-refractivity contribution in [3.8, 4) is 0 Å². The second kappa shape index (κ2) is 9.27. The van der Waals surface area contributed by atoms with Crippen LogP contribution in [0.1, 0.15) is 77.6 Å². The number of ether oxygens (including phenoxy) is 1. The minimum absolute atomic E-state index is 0.359. The molecule has 0 N–H and O–H groups in total. The van der Waals surface area contributed by atoms with E-state index < -0.39 is 42.0 Å². The monoisotopic (exact) mass is 406 g/mol. The summed E-state index contributed by atoms with van der Waals surface area (Å²) in [5.74, 6) is -3.43. The van der Waals surface area contributed by atoms with Crippen molar-refractivity contribution in [1.29, 1.82) is 0 Å². The zero-order chi connectivity index (χ0) is 20.3. The molecule has 0 aromatic rings. The summed E-state index contributed by atoms with van der Waals surface area (Å²) in [6, 6.07) is 0. The summed E-state index contributed by atoms with van der Waals surface area (Å²) >= 11 is 0. The first kappa shape index (κ1) is 21.8. The summed E-state index contributed by atoms with van der Waals surface area (Å²) in [7, 11) is 0. The van der Waals surface area contributed by atoms with Gasteiger partial charge in [-0.1, -0.05) is 32.6 Å². The second-order valence-corrected chi connectivity index (χ2v) is 8.84. The molecule has 0 aromatic heterocycles. The highest BCUT2D eigenvalue weighted by atomic mass is 19.3. The largest absolute Gasteiger partial charge is 0.359 e. The molecule has 0 spiro atoms. The summed E-state index contributed by atoms with van der Waals surface area (Å²) in [6.07, 6.45) is 4.65. The van der Waals surface area contributed by atoms with E-state index in [1.54, 1.807) is 0 Å². The van der Waals surface area contributed by atoms with Crippen LogP contribution in [0.15, 0.2) is 23.6 Å². The van der Waals surface area contributed by atoms with Gasteiger partial charge in [0.2, 0.25) is 0 Å². The van der Waals surface area contributed by atoms with Gasteiger partial charge in [-0.3, -0.25) is 0 Å². The third-order valence-corrected chi connectivity index (χ3v) is 6.97. The zero-order valence-electron chi connectivity index (χ0n) is 16.5. The molecule has 1 unspecified atom stereocenters. The van der Waals surface area contributed by atoms with Crippen molar-refractivity contribution in [2.45, 2.75) is 89.8 Å². The van der Waals surface area contributed by atoms with E-state index in [2.05, 4.69) is 6.92 Å². The molecule has 0 amide bonds. The van der Waals surface area contributed by atoms with Gasteiger partial charge < -0.3 is 4.74 Å². The van der Waals surface area contributed by atoms with Gasteiger partial charge in [0, 0.05) is 6.42 Å². The van der Waals surface area contributed by atoms with E-state index in [0.717, 1.165) is 18.8 Å². The molecule has 3 aliphatic carbocycles. The Kier molecular flexibility index (Phi) is 7.21. The fourth-order valence-electron chi connectivity index (χ4n) is 5.35. The number of rotatable bonds is 6. The molecule has 3 aliphatic rings. The Balaban J connectivity index is 1.48. The molecule has 0 bridgehead atoms. The molecule has 0 saturated heterocycles. The van der Waals surface area contributed by atoms with Crippen LogP contribution >= 0.6 is 0 Å². The first-order valence-corrected chi connectivity index (χ1v) is 10.8. The third-order valence-electron chi connectivity index (χ3n) is 6.97. The molecule has 0 heterocycles. The first-order valence-electron chi connectivity index (χ1n) is 10.8. The first-order chi connectivity index (χ1) is 13.3. The van der Waals surface area contributed by atoms with E-state index in [1.165, 1.54) is 38.5 Å². The zero-order valence-corrected chi connectivity index (χ0v) is 16.5. The summed E-state index contributed by atoms with van der Waals surface area (Å²) in [4.78, 5) is 0. The Labute approximate surface area is 164 Å². The molecule has 2 saturated carbocycles. The molecular formula is C22H31F5O. The fourth-order valence-corrected chi connectivity index (χ4v) is 5.35. The Bertz CT molecular complexity index is 584. The second-order valence-electron chi connectivity index (χ2n) is 8.84. The smallest absolute Gasteiger partial charge is 0.312 e. The lowest BCUT2D eigenvalue weighted by Gasteiger charge is -2.39. The number of hydrogen-bond acceptors (Lipinski definition) is 1. The standard InChI is InChI=1S/C22H31F5O/c1-2-3-14-4-6-15(7-5-14)16-8-10-17(11-9-16)22(26,27)28-18-12-19(23)21(25)20(24)13-18/h12,14-18H,2-11,13H2,1H3. The maximum absolute atomic E-state index is 14.5. The molecular weight excluding hydrogens is 375 g/mol. The van der Waals surface area contributed by atoms with Crippen molar-refractivity contribution >= 4 is 0 Å². The highest BCUT2D eigenvalue weighted by Gasteiger charge is 2.46. The Hall–Kier alpha value is -0.910. The average molecular weight is 406 g/mol. The summed E-state index contributed by atoms with van der Waals surface area (Å²) in [5, 5.41) is 0. The Morgan fingerprint density at radius 2 is 1.50 bits per heavy atom. The molecule has 0 aromatic carbocycles. The number of halogens is 5. The predicted molar refractivity (Wildman–Crippen MR) is 98.7 cm³/mol. The van der Waals surface area contributed by atoms with Crippen LogP contribution in [0.3, 0.4) is 0 Å². The molecule has 160 valence electrons. The van der Waals surface area contributed by atoms with E-state index in [-0.39, 0.29) is 0 Å². The van der Waals surface area contributed by atoms with E-state index >= 15 is 0 Å². The molecule has 0 radical (unpaired) electrons. The van der Waals surface area contributed by atoms with Crippen LogP contribution in [0.25, 0.3) is 0 Å². The third kappa shape index (κ3) is 5.17. The molecule has 28 heavy (non-hydrogen) atoms. The van der Waals surface area contributed by atoms with Gasteiger partial charge in [-0.05, 0) is 62.4 Å². The number of allylic oxidation sites excluding steroid dienone is 2. The van der Waals surface area contributed by atoms with Gasteiger partial charge >= 0.3 is 6.11 Å². The highest BCUT2D eigenvalue weighted by molar-refractivity contribution is 5.28. The van der Waals surface area contributed by atoms with Gasteiger partial charge in [-0.2, -0.15) is 8.78 Å². The maximum Gasteiger partial charge on any atom is 0.359 e. The molecule has 1 nitrogen and oxygen atoms in total. The van der Waals surface area contributed by atoms with Crippen LogP contribution in [0, 0.1) is 23.7 Å². The van der Waals surface area contributed by atoms with Crippen LogP contribution in [-0.2, 0) is 4.74 Å².